The van der Waals surface area contributed by atoms with Crippen molar-refractivity contribution in [1.29, 1.82) is 0 Å². The molecule has 0 saturated carbocycles. The van der Waals surface area contributed by atoms with Crippen LogP contribution in [0.5, 0.6) is 0 Å². The fraction of sp³-hybridized carbons (Fsp3) is 0.391. The van der Waals surface area contributed by atoms with Gasteiger partial charge in [-0.2, -0.15) is 0 Å². The second-order valence-corrected chi connectivity index (χ2v) is 8.67. The van der Waals surface area contributed by atoms with Crippen LogP contribution in [0.25, 0.3) is 0 Å². The van der Waals surface area contributed by atoms with Gasteiger partial charge in [-0.15, -0.1) is 11.3 Å². The van der Waals surface area contributed by atoms with Crippen LogP contribution in [0.4, 0.5) is 5.82 Å². The Morgan fingerprint density at radius 2 is 1.93 bits per heavy atom. The number of carbonyl (C=O) groups excluding carboxylic acids is 1. The Bertz CT molecular complexity index is 941. The Balaban J connectivity index is 1.35. The van der Waals surface area contributed by atoms with E-state index in [1.807, 2.05) is 24.4 Å². The van der Waals surface area contributed by atoms with E-state index in [9.17, 15) is 4.79 Å². The van der Waals surface area contributed by atoms with Gasteiger partial charge < -0.3 is 9.47 Å². The zero-order valence-electron chi connectivity index (χ0n) is 17.2. The van der Waals surface area contributed by atoms with Crippen LogP contribution in [0.2, 0.25) is 0 Å². The van der Waals surface area contributed by atoms with Crippen LogP contribution in [0.1, 0.15) is 26.6 Å². The summed E-state index contributed by atoms with van der Waals surface area (Å²) in [5, 5.41) is 2.12. The van der Waals surface area contributed by atoms with Gasteiger partial charge >= 0.3 is 0 Å². The molecule has 3 aromatic rings. The van der Waals surface area contributed by atoms with Gasteiger partial charge in [-0.3, -0.25) is 9.69 Å². The predicted octanol–water partition coefficient (Wildman–Crippen LogP) is 3.81. The molecule has 1 aliphatic rings. The number of Topliss-reactive ketones (excluding diaryl/α,β-unsaturated/α-hetero) is 1. The third-order valence-corrected chi connectivity index (χ3v) is 6.68. The molecule has 0 amide bonds. The van der Waals surface area contributed by atoms with E-state index in [4.69, 9.17) is 0 Å². The highest BCUT2D eigenvalue weighted by Gasteiger charge is 2.22. The minimum absolute atomic E-state index is 0.228. The molecular weight excluding hydrogens is 380 g/mol. The van der Waals surface area contributed by atoms with Crippen LogP contribution < -0.4 is 4.90 Å². The molecule has 0 N–H and O–H groups in total. The lowest BCUT2D eigenvalue weighted by Crippen LogP contribution is -2.48. The smallest absolute Gasteiger partial charge is 0.178 e. The van der Waals surface area contributed by atoms with E-state index in [1.54, 1.807) is 11.3 Å². The van der Waals surface area contributed by atoms with E-state index in [0.717, 1.165) is 56.2 Å². The number of hydrogen-bond acceptors (Lipinski definition) is 5. The summed E-state index contributed by atoms with van der Waals surface area (Å²) in [4.78, 5) is 23.4. The molecule has 152 valence electrons. The summed E-state index contributed by atoms with van der Waals surface area (Å²) in [6.45, 7) is 9.18. The van der Waals surface area contributed by atoms with Crippen molar-refractivity contribution in [3.8, 4) is 0 Å². The molecule has 0 aliphatic carbocycles. The first-order chi connectivity index (χ1) is 14.1. The maximum Gasteiger partial charge on any atom is 0.178 e. The van der Waals surface area contributed by atoms with E-state index in [1.165, 1.54) is 10.6 Å². The molecule has 0 radical (unpaired) electrons. The van der Waals surface area contributed by atoms with Gasteiger partial charge in [0.1, 0.15) is 5.82 Å². The Labute approximate surface area is 176 Å². The number of hydrogen-bond donors (Lipinski definition) is 0. The molecule has 5 nitrogen and oxygen atoms in total. The van der Waals surface area contributed by atoms with Crippen molar-refractivity contribution >= 4 is 22.9 Å². The van der Waals surface area contributed by atoms with Crippen molar-refractivity contribution in [2.24, 2.45) is 0 Å². The van der Waals surface area contributed by atoms with Crippen molar-refractivity contribution in [1.82, 2.24) is 14.5 Å². The SMILES string of the molecule is Cc1cc(C(=O)CN2CCN(c3ccccn3)CC2)c(C)n1CCc1cccs1. The molecule has 1 fully saturated rings. The fourth-order valence-corrected chi connectivity index (χ4v) is 4.77. The van der Waals surface area contributed by atoms with Crippen molar-refractivity contribution in [3.05, 3.63) is 69.8 Å². The summed E-state index contributed by atoms with van der Waals surface area (Å²) < 4.78 is 2.28. The Morgan fingerprint density at radius 3 is 2.62 bits per heavy atom. The van der Waals surface area contributed by atoms with E-state index in [0.29, 0.717) is 6.54 Å². The first-order valence-electron chi connectivity index (χ1n) is 10.2. The number of ketones is 1. The summed E-state index contributed by atoms with van der Waals surface area (Å²) in [7, 11) is 0. The van der Waals surface area contributed by atoms with Gasteiger partial charge in [0.2, 0.25) is 0 Å². The third-order valence-electron chi connectivity index (χ3n) is 5.75. The maximum absolute atomic E-state index is 13.0. The normalized spacial score (nSPS) is 15.0. The van der Waals surface area contributed by atoms with Crippen LogP contribution in [0.15, 0.2) is 48.0 Å². The summed E-state index contributed by atoms with van der Waals surface area (Å²) in [5.74, 6) is 1.25. The summed E-state index contributed by atoms with van der Waals surface area (Å²) in [5.41, 5.74) is 3.14. The fourth-order valence-electron chi connectivity index (χ4n) is 4.07. The Kier molecular flexibility index (Phi) is 6.11. The minimum Gasteiger partial charge on any atom is -0.354 e. The van der Waals surface area contributed by atoms with Crippen LogP contribution in [0.3, 0.4) is 0 Å². The largest absolute Gasteiger partial charge is 0.354 e. The number of aromatic nitrogens is 2. The lowest BCUT2D eigenvalue weighted by atomic mass is 10.1. The summed E-state index contributed by atoms with van der Waals surface area (Å²) >= 11 is 1.79. The average molecular weight is 409 g/mol. The van der Waals surface area contributed by atoms with Gasteiger partial charge in [-0.1, -0.05) is 12.1 Å². The number of anilines is 1. The molecule has 4 rings (SSSR count). The maximum atomic E-state index is 13.0. The van der Waals surface area contributed by atoms with Crippen LogP contribution >= 0.6 is 11.3 Å². The van der Waals surface area contributed by atoms with Gasteiger partial charge in [-0.05, 0) is 49.9 Å². The first-order valence-corrected chi connectivity index (χ1v) is 11.1. The van der Waals surface area contributed by atoms with Gasteiger partial charge in [0.05, 0.1) is 6.54 Å². The van der Waals surface area contributed by atoms with Crippen LogP contribution in [-0.2, 0) is 13.0 Å². The summed E-state index contributed by atoms with van der Waals surface area (Å²) in [6.07, 6.45) is 2.84. The number of aryl methyl sites for hydroxylation is 2. The molecule has 0 bridgehead atoms. The molecule has 1 aliphatic heterocycles. The van der Waals surface area contributed by atoms with Gasteiger partial charge in [0.15, 0.2) is 5.78 Å². The lowest BCUT2D eigenvalue weighted by Gasteiger charge is -2.35. The molecule has 6 heteroatoms. The number of carbonyl (C=O) groups is 1. The molecule has 3 aromatic heterocycles. The molecule has 1 saturated heterocycles. The molecule has 0 unspecified atom stereocenters. The van der Waals surface area contributed by atoms with Crippen molar-refractivity contribution in [2.75, 3.05) is 37.6 Å². The second-order valence-electron chi connectivity index (χ2n) is 7.64. The second kappa shape index (κ2) is 8.93. The molecule has 4 heterocycles. The quantitative estimate of drug-likeness (QED) is 0.558. The minimum atomic E-state index is 0.228. The molecule has 0 spiro atoms. The molecule has 29 heavy (non-hydrogen) atoms. The van der Waals surface area contributed by atoms with Crippen molar-refractivity contribution < 1.29 is 4.79 Å². The van der Waals surface area contributed by atoms with E-state index in [2.05, 4.69) is 56.8 Å². The van der Waals surface area contributed by atoms with E-state index in [-0.39, 0.29) is 5.78 Å². The first kappa shape index (κ1) is 19.9. The monoisotopic (exact) mass is 408 g/mol. The van der Waals surface area contributed by atoms with Gasteiger partial charge in [0.25, 0.3) is 0 Å². The van der Waals surface area contributed by atoms with Gasteiger partial charge in [0, 0.05) is 60.7 Å². The lowest BCUT2D eigenvalue weighted by molar-refractivity contribution is 0.0925. The Hall–Kier alpha value is -2.44. The van der Waals surface area contributed by atoms with Crippen molar-refractivity contribution in [2.45, 2.75) is 26.8 Å². The third kappa shape index (κ3) is 4.60. The highest BCUT2D eigenvalue weighted by Crippen LogP contribution is 2.19. The molecular formula is C23H28N4OS. The number of thiophene rings is 1. The zero-order chi connectivity index (χ0) is 20.2. The number of piperazine rings is 1. The molecule has 0 aromatic carbocycles. The van der Waals surface area contributed by atoms with Crippen LogP contribution in [0, 0.1) is 13.8 Å². The topological polar surface area (TPSA) is 41.4 Å². The average Bonchev–Trinajstić information content (AvgIpc) is 3.36. The highest BCUT2D eigenvalue weighted by molar-refractivity contribution is 7.09. The Morgan fingerprint density at radius 1 is 1.10 bits per heavy atom. The van der Waals surface area contributed by atoms with Crippen molar-refractivity contribution in [3.63, 3.8) is 0 Å². The predicted molar refractivity (Wildman–Crippen MR) is 119 cm³/mol. The number of rotatable bonds is 7. The summed E-state index contributed by atoms with van der Waals surface area (Å²) in [6, 6.07) is 12.3. The highest BCUT2D eigenvalue weighted by atomic mass is 32.1. The zero-order valence-corrected chi connectivity index (χ0v) is 18.0. The van der Waals surface area contributed by atoms with E-state index >= 15 is 0 Å². The molecule has 0 atom stereocenters. The number of pyridine rings is 1. The number of nitrogens with zero attached hydrogens (tertiary/aromatic N) is 4. The van der Waals surface area contributed by atoms with Crippen LogP contribution in [-0.4, -0.2) is 53.0 Å². The van der Waals surface area contributed by atoms with Gasteiger partial charge in [-0.25, -0.2) is 4.98 Å². The standard InChI is InChI=1S/C23H28N4OS/c1-18-16-21(19(2)27(18)10-8-20-6-5-15-29-20)22(28)17-25-11-13-26(14-12-25)23-7-3-4-9-24-23/h3-7,9,15-16H,8,10-14,17H2,1-2H3. The van der Waals surface area contributed by atoms with E-state index < -0.39 is 0 Å².